The Kier molecular flexibility index (Phi) is 4.73. The molecule has 0 aliphatic rings. The topological polar surface area (TPSA) is 35.8 Å². The van der Waals surface area contributed by atoms with Crippen LogP contribution in [0.5, 0.6) is 0 Å². The number of benzene rings is 1. The molecule has 0 fully saturated rings. The predicted molar refractivity (Wildman–Crippen MR) is 79.9 cm³/mol. The third kappa shape index (κ3) is 3.44. The van der Waals surface area contributed by atoms with Gasteiger partial charge in [-0.25, -0.2) is 0 Å². The number of thiophene rings is 1. The summed E-state index contributed by atoms with van der Waals surface area (Å²) < 4.78 is 0. The molecule has 0 spiro atoms. The molecule has 1 aromatic heterocycles. The van der Waals surface area contributed by atoms with Crippen LogP contribution in [0.2, 0.25) is 0 Å². The van der Waals surface area contributed by atoms with Gasteiger partial charge < -0.3 is 5.32 Å². The molecule has 98 valence electrons. The van der Waals surface area contributed by atoms with Gasteiger partial charge in [-0.15, -0.1) is 11.3 Å². The minimum Gasteiger partial charge on any atom is -0.305 e. The number of hydrogen-bond acceptors (Lipinski definition) is 3. The van der Waals surface area contributed by atoms with E-state index >= 15 is 0 Å². The molecule has 2 aromatic rings. The summed E-state index contributed by atoms with van der Waals surface area (Å²) in [4.78, 5) is 1.35. The lowest BCUT2D eigenvalue weighted by molar-refractivity contribution is 0.416. The van der Waals surface area contributed by atoms with E-state index < -0.39 is 0 Å². The molecule has 2 nitrogen and oxygen atoms in total. The zero-order chi connectivity index (χ0) is 13.7. The standard InChI is InChI=1S/C16H18N2S/c1-12(2)16(15-8-5-9-19-15)18-11-14-7-4-3-6-13(14)10-17/h3-9,12,16,18H,11H2,1-2H3. The van der Waals surface area contributed by atoms with Gasteiger partial charge in [0.15, 0.2) is 0 Å². The maximum absolute atomic E-state index is 9.10. The number of rotatable bonds is 5. The molecule has 1 heterocycles. The van der Waals surface area contributed by atoms with E-state index in [0.29, 0.717) is 12.0 Å². The van der Waals surface area contributed by atoms with Crippen LogP contribution in [0, 0.1) is 17.2 Å². The molecule has 0 saturated heterocycles. The smallest absolute Gasteiger partial charge is 0.0995 e. The van der Waals surface area contributed by atoms with Crippen LogP contribution in [-0.4, -0.2) is 0 Å². The van der Waals surface area contributed by atoms with Crippen molar-refractivity contribution >= 4 is 11.3 Å². The van der Waals surface area contributed by atoms with Gasteiger partial charge in [0, 0.05) is 17.5 Å². The largest absolute Gasteiger partial charge is 0.305 e. The first-order valence-electron chi connectivity index (χ1n) is 6.47. The molecule has 0 bridgehead atoms. The van der Waals surface area contributed by atoms with Crippen LogP contribution >= 0.6 is 11.3 Å². The van der Waals surface area contributed by atoms with Gasteiger partial charge in [0.25, 0.3) is 0 Å². The van der Waals surface area contributed by atoms with Crippen LogP contribution in [0.25, 0.3) is 0 Å². The summed E-state index contributed by atoms with van der Waals surface area (Å²) in [7, 11) is 0. The molecule has 1 aromatic carbocycles. The predicted octanol–water partition coefficient (Wildman–Crippen LogP) is 4.11. The van der Waals surface area contributed by atoms with E-state index in [1.807, 2.05) is 24.3 Å². The Morgan fingerprint density at radius 1 is 1.21 bits per heavy atom. The Labute approximate surface area is 118 Å². The van der Waals surface area contributed by atoms with Crippen molar-refractivity contribution < 1.29 is 0 Å². The van der Waals surface area contributed by atoms with Gasteiger partial charge in [0.1, 0.15) is 0 Å². The Morgan fingerprint density at radius 3 is 2.63 bits per heavy atom. The molecule has 0 aliphatic heterocycles. The lowest BCUT2D eigenvalue weighted by Gasteiger charge is -2.21. The van der Waals surface area contributed by atoms with Crippen LogP contribution in [0.1, 0.15) is 35.9 Å². The quantitative estimate of drug-likeness (QED) is 0.887. The summed E-state index contributed by atoms with van der Waals surface area (Å²) in [5, 5.41) is 14.8. The van der Waals surface area contributed by atoms with Gasteiger partial charge in [0.05, 0.1) is 11.6 Å². The molecule has 0 aliphatic carbocycles. The number of nitrogens with one attached hydrogen (secondary N) is 1. The van der Waals surface area contributed by atoms with Crippen LogP contribution in [0.4, 0.5) is 0 Å². The molecule has 19 heavy (non-hydrogen) atoms. The third-order valence-electron chi connectivity index (χ3n) is 3.17. The second kappa shape index (κ2) is 6.51. The zero-order valence-electron chi connectivity index (χ0n) is 11.3. The lowest BCUT2D eigenvalue weighted by atomic mass is 10.0. The highest BCUT2D eigenvalue weighted by Crippen LogP contribution is 2.26. The lowest BCUT2D eigenvalue weighted by Crippen LogP contribution is -2.24. The third-order valence-corrected chi connectivity index (χ3v) is 4.12. The summed E-state index contributed by atoms with van der Waals surface area (Å²) in [6, 6.07) is 14.6. The minimum atomic E-state index is 0.340. The number of nitriles is 1. The second-order valence-electron chi connectivity index (χ2n) is 4.89. The maximum atomic E-state index is 9.10. The molecule has 2 rings (SSSR count). The average Bonchev–Trinajstić information content (AvgIpc) is 2.93. The Morgan fingerprint density at radius 2 is 2.00 bits per heavy atom. The van der Waals surface area contributed by atoms with Gasteiger partial charge >= 0.3 is 0 Å². The molecular formula is C16H18N2S. The molecule has 1 N–H and O–H groups in total. The van der Waals surface area contributed by atoms with Crippen LogP contribution in [0.3, 0.4) is 0 Å². The van der Waals surface area contributed by atoms with E-state index in [1.54, 1.807) is 11.3 Å². The van der Waals surface area contributed by atoms with E-state index in [-0.39, 0.29) is 0 Å². The van der Waals surface area contributed by atoms with Gasteiger partial charge in [0.2, 0.25) is 0 Å². The fraction of sp³-hybridized carbons (Fsp3) is 0.312. The highest BCUT2D eigenvalue weighted by atomic mass is 32.1. The molecule has 3 heteroatoms. The summed E-state index contributed by atoms with van der Waals surface area (Å²) in [5.74, 6) is 0.521. The summed E-state index contributed by atoms with van der Waals surface area (Å²) >= 11 is 1.78. The molecule has 1 unspecified atom stereocenters. The summed E-state index contributed by atoms with van der Waals surface area (Å²) in [6.45, 7) is 5.16. The van der Waals surface area contributed by atoms with Gasteiger partial charge in [-0.3, -0.25) is 0 Å². The molecular weight excluding hydrogens is 252 g/mol. The van der Waals surface area contributed by atoms with Crippen LogP contribution in [-0.2, 0) is 6.54 Å². The van der Waals surface area contributed by atoms with Crippen LogP contribution < -0.4 is 5.32 Å². The highest BCUT2D eigenvalue weighted by molar-refractivity contribution is 7.10. The molecule has 1 atom stereocenters. The van der Waals surface area contributed by atoms with Crippen molar-refractivity contribution in [1.29, 1.82) is 5.26 Å². The van der Waals surface area contributed by atoms with Crippen molar-refractivity contribution in [3.8, 4) is 6.07 Å². The second-order valence-corrected chi connectivity index (χ2v) is 5.87. The maximum Gasteiger partial charge on any atom is 0.0995 e. The first-order valence-corrected chi connectivity index (χ1v) is 7.35. The Balaban J connectivity index is 2.10. The summed E-state index contributed by atoms with van der Waals surface area (Å²) in [6.07, 6.45) is 0. The van der Waals surface area contributed by atoms with Crippen molar-refractivity contribution in [3.63, 3.8) is 0 Å². The van der Waals surface area contributed by atoms with Gasteiger partial charge in [-0.05, 0) is 29.0 Å². The van der Waals surface area contributed by atoms with Crippen molar-refractivity contribution in [1.82, 2.24) is 5.32 Å². The van der Waals surface area contributed by atoms with E-state index in [9.17, 15) is 0 Å². The first-order chi connectivity index (χ1) is 9.22. The van der Waals surface area contributed by atoms with E-state index in [2.05, 4.69) is 42.7 Å². The zero-order valence-corrected chi connectivity index (χ0v) is 12.1. The minimum absolute atomic E-state index is 0.340. The van der Waals surface area contributed by atoms with Crippen molar-refractivity contribution in [2.24, 2.45) is 5.92 Å². The van der Waals surface area contributed by atoms with E-state index in [1.165, 1.54) is 4.88 Å². The van der Waals surface area contributed by atoms with Crippen molar-refractivity contribution in [2.45, 2.75) is 26.4 Å². The van der Waals surface area contributed by atoms with E-state index in [4.69, 9.17) is 5.26 Å². The average molecular weight is 270 g/mol. The van der Waals surface area contributed by atoms with Gasteiger partial charge in [-0.1, -0.05) is 38.1 Å². The molecule has 0 saturated carbocycles. The fourth-order valence-electron chi connectivity index (χ4n) is 2.14. The van der Waals surface area contributed by atoms with Gasteiger partial charge in [-0.2, -0.15) is 5.26 Å². The Hall–Kier alpha value is -1.63. The highest BCUT2D eigenvalue weighted by Gasteiger charge is 2.16. The Bertz CT molecular complexity index is 552. The SMILES string of the molecule is CC(C)C(NCc1ccccc1C#N)c1cccs1. The molecule has 0 radical (unpaired) electrons. The molecule has 0 amide bonds. The fourth-order valence-corrected chi connectivity index (χ4v) is 3.11. The number of nitrogens with zero attached hydrogens (tertiary/aromatic N) is 1. The summed E-state index contributed by atoms with van der Waals surface area (Å²) in [5.41, 5.74) is 1.82. The normalized spacial score (nSPS) is 12.3. The van der Waals surface area contributed by atoms with Crippen molar-refractivity contribution in [2.75, 3.05) is 0 Å². The van der Waals surface area contributed by atoms with Crippen molar-refractivity contribution in [3.05, 3.63) is 57.8 Å². The van der Waals surface area contributed by atoms with Crippen LogP contribution in [0.15, 0.2) is 41.8 Å². The monoisotopic (exact) mass is 270 g/mol. The van der Waals surface area contributed by atoms with E-state index in [0.717, 1.165) is 17.7 Å². The first kappa shape index (κ1) is 13.8. The number of hydrogen-bond donors (Lipinski definition) is 1.